The number of ketones is 1. The van der Waals surface area contributed by atoms with E-state index in [0.717, 1.165) is 22.3 Å². The highest BCUT2D eigenvalue weighted by Crippen LogP contribution is 2.50. The number of hydrogen-bond acceptors (Lipinski definition) is 29. The van der Waals surface area contributed by atoms with E-state index in [1.807, 2.05) is 25.1 Å². The monoisotopic (exact) mass is 2040 g/mol. The summed E-state index contributed by atoms with van der Waals surface area (Å²) in [6.07, 6.45) is -1.14. The first kappa shape index (κ1) is 114. The van der Waals surface area contributed by atoms with Crippen molar-refractivity contribution in [3.63, 3.8) is 0 Å². The second-order valence-corrected chi connectivity index (χ2v) is 40.8. The number of Topliss-reactive ketones (excluding diaryl/α,β-unsaturated/α-hetero) is 1. The first-order valence-corrected chi connectivity index (χ1v) is 51.4. The van der Waals surface area contributed by atoms with Gasteiger partial charge in [-0.25, -0.2) is 31.2 Å². The van der Waals surface area contributed by atoms with E-state index in [0.29, 0.717) is 79.9 Å². The van der Waals surface area contributed by atoms with Crippen molar-refractivity contribution in [2.24, 2.45) is 29.4 Å². The van der Waals surface area contributed by atoms with Crippen LogP contribution in [-0.2, 0) is 118 Å². The van der Waals surface area contributed by atoms with Crippen LogP contribution in [0.25, 0.3) is 11.1 Å². The zero-order valence-electron chi connectivity index (χ0n) is 83.5. The van der Waals surface area contributed by atoms with Crippen LogP contribution in [-0.4, -0.2) is 291 Å². The number of rotatable bonds is 32. The topological polar surface area (TPSA) is 516 Å². The number of sulfone groups is 2. The molecule has 6 aromatic carbocycles. The number of nitrogens with two attached hydrogens (primary N) is 1. The summed E-state index contributed by atoms with van der Waals surface area (Å²) in [5.74, 6) is -10.5. The van der Waals surface area contributed by atoms with Crippen LogP contribution in [0.4, 0.5) is 31.4 Å². The Hall–Kier alpha value is -12.1. The fraction of sp³-hybridized carbons (Fsp3) is 0.505. The summed E-state index contributed by atoms with van der Waals surface area (Å²) in [4.78, 5) is 157. The molecule has 39 nitrogen and oxygen atoms in total. The first-order chi connectivity index (χ1) is 68.7. The number of hydrogen-bond donors (Lipinski definition) is 9. The predicted octanol–water partition coefficient (Wildman–Crippen LogP) is 9.00. The Bertz CT molecular complexity index is 5560. The second kappa shape index (κ2) is 54.7. The molecule has 4 aliphatic rings. The fourth-order valence-corrected chi connectivity index (χ4v) is 19.8. The van der Waals surface area contributed by atoms with Gasteiger partial charge in [0, 0.05) is 80.6 Å². The number of methoxy groups -OCH3 is 2. The van der Waals surface area contributed by atoms with E-state index in [1.54, 1.807) is 147 Å². The lowest BCUT2D eigenvalue weighted by molar-refractivity contribution is -0.157. The van der Waals surface area contributed by atoms with Gasteiger partial charge < -0.3 is 109 Å². The number of benzene rings is 6. The maximum absolute atomic E-state index is 15.2. The lowest BCUT2D eigenvalue weighted by Crippen LogP contribution is -2.63. The Morgan fingerprint density at radius 3 is 1.70 bits per heavy atom. The van der Waals surface area contributed by atoms with Crippen molar-refractivity contribution in [2.45, 2.75) is 178 Å². The molecule has 3 saturated heterocycles. The van der Waals surface area contributed by atoms with E-state index >= 15 is 4.79 Å². The quantitative estimate of drug-likeness (QED) is 0.00625. The largest absolute Gasteiger partial charge is 0.496 e. The maximum atomic E-state index is 15.2. The number of epoxide rings is 1. The number of alkyl carbamates (subject to hydrolysis) is 1. The van der Waals surface area contributed by atoms with Gasteiger partial charge >= 0.3 is 24.2 Å². The van der Waals surface area contributed by atoms with E-state index in [4.69, 9.17) is 67.3 Å². The minimum atomic E-state index is -4.28. The molecule has 3 fully saturated rings. The van der Waals surface area contributed by atoms with E-state index in [9.17, 15) is 69.9 Å². The molecule has 4 aliphatic heterocycles. The third-order valence-electron chi connectivity index (χ3n) is 24.8. The van der Waals surface area contributed by atoms with Gasteiger partial charge in [-0.2, -0.15) is 0 Å². The molecule has 10 rings (SSSR count). The average molecular weight is 2040 g/mol. The fourth-order valence-electron chi connectivity index (χ4n) is 16.5. The van der Waals surface area contributed by atoms with Crippen molar-refractivity contribution in [2.75, 3.05) is 160 Å². The minimum Gasteiger partial charge on any atom is -0.496 e. The van der Waals surface area contributed by atoms with Crippen LogP contribution in [0, 0.1) is 37.5 Å². The summed E-state index contributed by atoms with van der Waals surface area (Å²) in [6, 6.07) is 28.5. The summed E-state index contributed by atoms with van der Waals surface area (Å²) in [5, 5.41) is 30.8. The molecular formula is C103H136N10O29S2. The Morgan fingerprint density at radius 2 is 1.17 bits per heavy atom. The Kier molecular flexibility index (Phi) is 43.2. The van der Waals surface area contributed by atoms with Gasteiger partial charge in [-0.1, -0.05) is 130 Å². The molecule has 0 aliphatic carbocycles. The lowest BCUT2D eigenvalue weighted by Gasteiger charge is -2.42. The van der Waals surface area contributed by atoms with Gasteiger partial charge in [-0.3, -0.25) is 49.0 Å². The van der Waals surface area contributed by atoms with Crippen LogP contribution < -0.4 is 52.6 Å². The van der Waals surface area contributed by atoms with E-state index < -0.39 is 181 Å². The Morgan fingerprint density at radius 1 is 0.639 bits per heavy atom. The average Bonchev–Trinajstić information content (AvgIpc) is 1.57. The molecule has 41 heteroatoms. The van der Waals surface area contributed by atoms with Crippen molar-refractivity contribution in [3.05, 3.63) is 191 Å². The van der Waals surface area contributed by atoms with E-state index in [2.05, 4.69) is 37.2 Å². The van der Waals surface area contributed by atoms with Crippen molar-refractivity contribution >= 4 is 102 Å². The van der Waals surface area contributed by atoms with E-state index in [1.165, 1.54) is 72.6 Å². The van der Waals surface area contributed by atoms with Crippen molar-refractivity contribution < 1.29 is 136 Å². The molecule has 6 aromatic rings. The number of aryl methyl sites for hydroxylation is 2. The molecular weight excluding hydrogens is 1910 g/mol. The van der Waals surface area contributed by atoms with Gasteiger partial charge in [-0.15, -0.1) is 0 Å². The molecule has 0 aromatic heterocycles. The van der Waals surface area contributed by atoms with Gasteiger partial charge in [0.2, 0.25) is 29.5 Å². The predicted molar refractivity (Wildman–Crippen MR) is 532 cm³/mol. The van der Waals surface area contributed by atoms with Gasteiger partial charge in [-0.05, 0) is 149 Å². The van der Waals surface area contributed by atoms with Crippen LogP contribution in [0.1, 0.15) is 130 Å². The normalized spacial score (nSPS) is 21.5. The highest BCUT2D eigenvalue weighted by Gasteiger charge is 2.65. The number of anilines is 3. The number of allylic oxidation sites excluding steroid dienone is 3. The molecule has 1 unspecified atom stereocenters. The van der Waals surface area contributed by atoms with Crippen LogP contribution in [0.5, 0.6) is 5.75 Å². The number of urea groups is 1. The smallest absolute Gasteiger partial charge is 0.411 e. The third kappa shape index (κ3) is 34.0. The lowest BCUT2D eigenvalue weighted by atomic mass is 9.83. The van der Waals surface area contributed by atoms with Crippen LogP contribution in [0.3, 0.4) is 0 Å². The molecule has 784 valence electrons. The minimum absolute atomic E-state index is 0.00479. The second-order valence-electron chi connectivity index (χ2n) is 36.7. The summed E-state index contributed by atoms with van der Waals surface area (Å²) in [7, 11) is -4.05. The summed E-state index contributed by atoms with van der Waals surface area (Å²) < 4.78 is 132. The number of fused-ring (bicyclic) bond motifs is 5. The molecule has 0 saturated carbocycles. The summed E-state index contributed by atoms with van der Waals surface area (Å²) in [5.41, 5.74) is 7.72. The van der Waals surface area contributed by atoms with Crippen molar-refractivity contribution in [1.29, 1.82) is 0 Å². The van der Waals surface area contributed by atoms with Gasteiger partial charge in [0.25, 0.3) is 5.91 Å². The zero-order chi connectivity index (χ0) is 104. The number of primary amides is 1. The summed E-state index contributed by atoms with van der Waals surface area (Å²) >= 11 is 0. The third-order valence-corrected chi connectivity index (χ3v) is 28.5. The number of ether oxygens (including phenoxy) is 13. The number of carbonyl (C=O) groups is 11. The molecule has 144 heavy (non-hydrogen) atoms. The number of esters is 1. The molecule has 10 N–H and O–H groups in total. The first-order valence-electron chi connectivity index (χ1n) is 48.1. The molecule has 4 bridgehead atoms. The highest BCUT2D eigenvalue weighted by atomic mass is 32.2. The number of aliphatic hydroxyl groups is 1. The number of amides is 10. The Balaban J connectivity index is 0.812. The van der Waals surface area contributed by atoms with Gasteiger partial charge in [0.05, 0.1) is 151 Å². The molecule has 0 spiro atoms. The maximum Gasteiger partial charge on any atom is 0.411 e. The van der Waals surface area contributed by atoms with Gasteiger partial charge in [0.15, 0.2) is 31.2 Å². The van der Waals surface area contributed by atoms with Crippen LogP contribution in [0.15, 0.2) is 167 Å². The standard InChI is InChI=1S/C103H136N10O29S2/c1-65(2)91(110-88(114)39-38-82(97(120)113-41-43-132-45-47-134-49-51-136-53-55-138-56-54-137-52-50-135-48-46-133-44-42-113)109-94(117)75-26-24-74(25-27-75)92(116)76(63-143(126,127)79-34-18-67(5)19-35-79)64-144(128,129)80-36-20-68(6)21-37-80)96(119)108-81(16-14-40-105-99(104)122)95(118)106-77-30-22-71(23-31-77)62-139-100(123)107-78-32-28-73(29-33-78)90-83-58-72(59-84(90)130-11)57-69(7)15-13-17-86(131-12)103(125)61-85(140-101(124)111-103)70(8)93-102(9,142-93)87(60-89(115)112(83)10)141-98(121)66(3)4/h13,15,17-37,58-59,65-66,70,76,81-82,85-87,91,93,125H,14,16,38-57,60-64H2,1-12H3,(H,106,118)(H,107,123)(H,108,119)(H,109,117)(H,110,114)(H,111,124)(H3,104,105,122)/b17-13-,69-15-/t70-,81-,82-,85+,86-,87+,91+,93+,102+,103?/m0/s1. The number of nitrogens with one attached hydrogen (secondary N) is 7. The number of nitrogens with zero attached hydrogens (tertiary/aromatic N) is 2. The van der Waals surface area contributed by atoms with Gasteiger partial charge in [0.1, 0.15) is 54.4 Å². The van der Waals surface area contributed by atoms with Crippen molar-refractivity contribution in [3.8, 4) is 16.9 Å². The molecule has 10 amide bonds. The number of carbonyl (C=O) groups excluding carboxylic acids is 11. The van der Waals surface area contributed by atoms with E-state index in [-0.39, 0.29) is 138 Å². The molecule has 4 heterocycles. The SMILES string of the molecule is COc1cc2cc(c1-c1ccc(NC(=O)OCc3ccc(NC(=O)[C@H](CCCNC(N)=O)NC(=O)[C@H](NC(=O)CC[C@H](NC(=O)c4ccc(C(=O)C(CS(=O)(=O)c5ccc(C)cc5)CS(=O)(=O)c5ccc(C)cc5)cc4)C(=O)N4CCOCCOCCOCCOCCOCCOCCOCC4)C(C)C)cc3)cc1)N(C)C(=O)C[C@@H](OC(=O)C(C)C)[C@@]1(C)O[C@@H]1[C@@H](C)[C@H]1CC(O)(NC(=O)O1)[C@@H](OC)/C=C\C=C(\C)C2. The highest BCUT2D eigenvalue weighted by molar-refractivity contribution is 7.92. The molecule has 10 atom stereocenters. The van der Waals surface area contributed by atoms with Crippen LogP contribution in [0.2, 0.25) is 0 Å². The zero-order valence-corrected chi connectivity index (χ0v) is 85.2. The summed E-state index contributed by atoms with van der Waals surface area (Å²) in [6.45, 7) is 18.3. The molecule has 0 radical (unpaired) electrons. The Labute approximate surface area is 840 Å². The van der Waals surface area contributed by atoms with Crippen LogP contribution >= 0.6 is 0 Å². The van der Waals surface area contributed by atoms with Crippen molar-refractivity contribution in [1.82, 2.24) is 31.5 Å².